The number of hydrogen-bond donors (Lipinski definition) is 1. The third kappa shape index (κ3) is 3.16. The minimum absolute atomic E-state index is 0.109. The average Bonchev–Trinajstić information content (AvgIpc) is 2.36. The van der Waals surface area contributed by atoms with E-state index < -0.39 is 29.5 Å². The number of aliphatic hydroxyl groups excluding tert-OH is 1. The monoisotopic (exact) mass is 322 g/mol. The molecule has 1 nitrogen and oxygen atoms in total. The summed E-state index contributed by atoms with van der Waals surface area (Å²) in [4.78, 5) is 0. The van der Waals surface area contributed by atoms with Gasteiger partial charge in [-0.3, -0.25) is 0 Å². The van der Waals surface area contributed by atoms with Crippen LogP contribution in [0.5, 0.6) is 0 Å². The van der Waals surface area contributed by atoms with Crippen molar-refractivity contribution in [3.63, 3.8) is 0 Å². The van der Waals surface area contributed by atoms with Crippen LogP contribution in [0.3, 0.4) is 0 Å². The molecule has 0 amide bonds. The Bertz CT molecular complexity index is 649. The highest BCUT2D eigenvalue weighted by Crippen LogP contribution is 2.35. The first-order valence-corrected chi connectivity index (χ1v) is 6.08. The standard InChI is InChI=1S/C14H8ClF5O/c15-9-2-1-3-10(16)12(9)13(21)7-4-5-8(11(17)6-7)14(18,19)20/h1-6,13,21H. The van der Waals surface area contributed by atoms with Gasteiger partial charge in [-0.1, -0.05) is 23.7 Å². The van der Waals surface area contributed by atoms with Crippen LogP contribution in [0.25, 0.3) is 0 Å². The van der Waals surface area contributed by atoms with Crippen molar-refractivity contribution in [2.75, 3.05) is 0 Å². The largest absolute Gasteiger partial charge is 0.419 e. The lowest BCUT2D eigenvalue weighted by Crippen LogP contribution is -2.10. The first-order valence-electron chi connectivity index (χ1n) is 5.70. The van der Waals surface area contributed by atoms with Crippen LogP contribution in [-0.2, 0) is 6.18 Å². The summed E-state index contributed by atoms with van der Waals surface area (Å²) in [6, 6.07) is 5.52. The van der Waals surface area contributed by atoms with Gasteiger partial charge in [0.2, 0.25) is 0 Å². The molecule has 1 atom stereocenters. The summed E-state index contributed by atoms with van der Waals surface area (Å²) < 4.78 is 64.5. The molecule has 0 radical (unpaired) electrons. The van der Waals surface area contributed by atoms with E-state index in [1.807, 2.05) is 0 Å². The molecular formula is C14H8ClF5O. The first-order chi connectivity index (χ1) is 9.71. The Balaban J connectivity index is 2.46. The molecule has 0 fully saturated rings. The molecule has 112 valence electrons. The van der Waals surface area contributed by atoms with Crippen LogP contribution in [0.4, 0.5) is 22.0 Å². The Morgan fingerprint density at radius 3 is 2.19 bits per heavy atom. The fraction of sp³-hybridized carbons (Fsp3) is 0.143. The first kappa shape index (κ1) is 15.7. The highest BCUT2D eigenvalue weighted by Gasteiger charge is 2.34. The smallest absolute Gasteiger partial charge is 0.383 e. The molecule has 2 rings (SSSR count). The van der Waals surface area contributed by atoms with Crippen molar-refractivity contribution >= 4 is 11.6 Å². The summed E-state index contributed by atoms with van der Waals surface area (Å²) in [6.07, 6.45) is -6.51. The number of aliphatic hydroxyl groups is 1. The number of rotatable bonds is 2. The predicted molar refractivity (Wildman–Crippen MR) is 66.9 cm³/mol. The van der Waals surface area contributed by atoms with E-state index in [0.29, 0.717) is 12.1 Å². The van der Waals surface area contributed by atoms with Crippen molar-refractivity contribution in [2.24, 2.45) is 0 Å². The fourth-order valence-corrected chi connectivity index (χ4v) is 2.14. The summed E-state index contributed by atoms with van der Waals surface area (Å²) in [5.74, 6) is -2.39. The number of halogens is 6. The molecule has 0 bridgehead atoms. The van der Waals surface area contributed by atoms with Crippen molar-refractivity contribution in [2.45, 2.75) is 12.3 Å². The van der Waals surface area contributed by atoms with Gasteiger partial charge in [0.1, 0.15) is 17.7 Å². The van der Waals surface area contributed by atoms with Gasteiger partial charge in [0.15, 0.2) is 0 Å². The van der Waals surface area contributed by atoms with Crippen LogP contribution in [0, 0.1) is 11.6 Å². The van der Waals surface area contributed by atoms with E-state index in [0.717, 1.165) is 12.1 Å². The fourth-order valence-electron chi connectivity index (χ4n) is 1.87. The van der Waals surface area contributed by atoms with Crippen molar-refractivity contribution in [1.29, 1.82) is 0 Å². The molecule has 0 heterocycles. The molecule has 7 heteroatoms. The van der Waals surface area contributed by atoms with Gasteiger partial charge < -0.3 is 5.11 Å². The van der Waals surface area contributed by atoms with Gasteiger partial charge in [0.05, 0.1) is 5.56 Å². The zero-order chi connectivity index (χ0) is 15.8. The van der Waals surface area contributed by atoms with Gasteiger partial charge in [-0.25, -0.2) is 8.78 Å². The van der Waals surface area contributed by atoms with Gasteiger partial charge >= 0.3 is 6.18 Å². The van der Waals surface area contributed by atoms with E-state index in [4.69, 9.17) is 11.6 Å². The third-order valence-electron chi connectivity index (χ3n) is 2.89. The van der Waals surface area contributed by atoms with Gasteiger partial charge in [0.25, 0.3) is 0 Å². The summed E-state index contributed by atoms with van der Waals surface area (Å²) >= 11 is 5.74. The normalized spacial score (nSPS) is 13.3. The van der Waals surface area contributed by atoms with Crippen molar-refractivity contribution in [3.05, 3.63) is 69.7 Å². The minimum Gasteiger partial charge on any atom is -0.383 e. The van der Waals surface area contributed by atoms with E-state index in [1.54, 1.807) is 0 Å². The Morgan fingerprint density at radius 2 is 1.67 bits per heavy atom. The zero-order valence-electron chi connectivity index (χ0n) is 10.3. The summed E-state index contributed by atoms with van der Waals surface area (Å²) in [7, 11) is 0. The minimum atomic E-state index is -4.84. The van der Waals surface area contributed by atoms with Gasteiger partial charge in [-0.2, -0.15) is 13.2 Å². The number of hydrogen-bond acceptors (Lipinski definition) is 1. The molecule has 21 heavy (non-hydrogen) atoms. The third-order valence-corrected chi connectivity index (χ3v) is 3.22. The van der Waals surface area contributed by atoms with Gasteiger partial charge in [-0.15, -0.1) is 0 Å². The maximum Gasteiger partial charge on any atom is 0.419 e. The maximum absolute atomic E-state index is 13.6. The number of benzene rings is 2. The van der Waals surface area contributed by atoms with Crippen LogP contribution < -0.4 is 0 Å². The van der Waals surface area contributed by atoms with E-state index in [2.05, 4.69) is 0 Å². The summed E-state index contributed by atoms with van der Waals surface area (Å²) in [5.41, 5.74) is -2.01. The molecule has 0 aliphatic rings. The zero-order valence-corrected chi connectivity index (χ0v) is 11.0. The van der Waals surface area contributed by atoms with Crippen molar-refractivity contribution in [3.8, 4) is 0 Å². The van der Waals surface area contributed by atoms with Crippen molar-refractivity contribution < 1.29 is 27.1 Å². The molecule has 0 saturated carbocycles. The summed E-state index contributed by atoms with van der Waals surface area (Å²) in [6.45, 7) is 0. The SMILES string of the molecule is OC(c1ccc(C(F)(F)F)c(F)c1)c1c(F)cccc1Cl. The van der Waals surface area contributed by atoms with Crippen LogP contribution in [0.15, 0.2) is 36.4 Å². The highest BCUT2D eigenvalue weighted by molar-refractivity contribution is 6.31. The van der Waals surface area contributed by atoms with E-state index >= 15 is 0 Å². The van der Waals surface area contributed by atoms with Crippen molar-refractivity contribution in [1.82, 2.24) is 0 Å². The van der Waals surface area contributed by atoms with E-state index in [-0.39, 0.29) is 16.1 Å². The lowest BCUT2D eigenvalue weighted by molar-refractivity contribution is -0.140. The molecule has 0 saturated heterocycles. The highest BCUT2D eigenvalue weighted by atomic mass is 35.5. The van der Waals surface area contributed by atoms with Crippen LogP contribution >= 0.6 is 11.6 Å². The lowest BCUT2D eigenvalue weighted by atomic mass is 9.99. The molecule has 0 aliphatic carbocycles. The second kappa shape index (κ2) is 5.61. The molecule has 2 aromatic rings. The summed E-state index contributed by atoms with van der Waals surface area (Å²) in [5, 5.41) is 9.89. The molecule has 2 aromatic carbocycles. The Morgan fingerprint density at radius 1 is 1.00 bits per heavy atom. The van der Waals surface area contributed by atoms with Gasteiger partial charge in [-0.05, 0) is 29.8 Å². The quantitative estimate of drug-likeness (QED) is 0.793. The van der Waals surface area contributed by atoms with E-state index in [1.165, 1.54) is 12.1 Å². The second-order valence-electron chi connectivity index (χ2n) is 4.27. The molecule has 1 N–H and O–H groups in total. The van der Waals surface area contributed by atoms with Crippen LogP contribution in [0.1, 0.15) is 22.8 Å². The van der Waals surface area contributed by atoms with Crippen LogP contribution in [0.2, 0.25) is 5.02 Å². The topological polar surface area (TPSA) is 20.2 Å². The molecular weight excluding hydrogens is 315 g/mol. The molecule has 0 aliphatic heterocycles. The van der Waals surface area contributed by atoms with Crippen LogP contribution in [-0.4, -0.2) is 5.11 Å². The Kier molecular flexibility index (Phi) is 4.20. The van der Waals surface area contributed by atoms with Gasteiger partial charge in [0, 0.05) is 10.6 Å². The maximum atomic E-state index is 13.6. The molecule has 1 unspecified atom stereocenters. The predicted octanol–water partition coefficient (Wildman–Crippen LogP) is 4.72. The molecule has 0 aromatic heterocycles. The molecule has 0 spiro atoms. The Labute approximate surface area is 121 Å². The lowest BCUT2D eigenvalue weighted by Gasteiger charge is -2.15. The second-order valence-corrected chi connectivity index (χ2v) is 4.68. The average molecular weight is 323 g/mol. The number of alkyl halides is 3. The van der Waals surface area contributed by atoms with E-state index in [9.17, 15) is 27.1 Å². The Hall–Kier alpha value is -1.66.